The highest BCUT2D eigenvalue weighted by Crippen LogP contribution is 1.94. The van der Waals surface area contributed by atoms with Gasteiger partial charge in [0.2, 0.25) is 0 Å². The first-order chi connectivity index (χ1) is 5.20. The molecule has 11 heavy (non-hydrogen) atoms. The van der Waals surface area contributed by atoms with Crippen LogP contribution in [0.5, 0.6) is 0 Å². The molecule has 0 amide bonds. The molecule has 0 aliphatic heterocycles. The Labute approximate surface area is 64.8 Å². The minimum Gasteiger partial charge on any atom is -0.446 e. The topological polar surface area (TPSA) is 44.1 Å². The van der Waals surface area contributed by atoms with Gasteiger partial charge in [0.25, 0.3) is 0 Å². The molecule has 0 saturated heterocycles. The maximum absolute atomic E-state index is 11.0. The molecule has 4 nitrogen and oxygen atoms in total. The molecular formula is C7H10N2O2. The Bertz CT molecular complexity index is 229. The summed E-state index contributed by atoms with van der Waals surface area (Å²) in [5, 5.41) is 0. The van der Waals surface area contributed by atoms with Crippen molar-refractivity contribution in [3.63, 3.8) is 0 Å². The summed E-state index contributed by atoms with van der Waals surface area (Å²) >= 11 is 0. The van der Waals surface area contributed by atoms with E-state index >= 15 is 0 Å². The van der Waals surface area contributed by atoms with E-state index in [9.17, 15) is 4.79 Å². The van der Waals surface area contributed by atoms with E-state index in [0.717, 1.165) is 0 Å². The molecule has 4 heteroatoms. The van der Waals surface area contributed by atoms with Crippen LogP contribution >= 0.6 is 0 Å². The van der Waals surface area contributed by atoms with Crippen LogP contribution in [0.1, 0.15) is 13.8 Å². The summed E-state index contributed by atoms with van der Waals surface area (Å²) in [6, 6.07) is 0. The Kier molecular flexibility index (Phi) is 2.25. The van der Waals surface area contributed by atoms with Gasteiger partial charge in [-0.05, 0) is 13.8 Å². The lowest BCUT2D eigenvalue weighted by atomic mass is 10.5. The second kappa shape index (κ2) is 3.18. The van der Waals surface area contributed by atoms with Gasteiger partial charge in [0.15, 0.2) is 0 Å². The molecule has 60 valence electrons. The van der Waals surface area contributed by atoms with Crippen molar-refractivity contribution in [2.45, 2.75) is 20.0 Å². The summed E-state index contributed by atoms with van der Waals surface area (Å²) in [6.07, 6.45) is 4.00. The Morgan fingerprint density at radius 3 is 2.82 bits per heavy atom. The highest BCUT2D eigenvalue weighted by atomic mass is 16.6. The summed E-state index contributed by atoms with van der Waals surface area (Å²) in [5.41, 5.74) is 0. The quantitative estimate of drug-likeness (QED) is 0.612. The molecule has 0 fully saturated rings. The minimum absolute atomic E-state index is 0.0927. The fourth-order valence-electron chi connectivity index (χ4n) is 0.630. The molecule has 1 heterocycles. The Morgan fingerprint density at radius 1 is 1.64 bits per heavy atom. The van der Waals surface area contributed by atoms with Crippen molar-refractivity contribution in [3.8, 4) is 0 Å². The average Bonchev–Trinajstić information content (AvgIpc) is 2.35. The number of imidazole rings is 1. The number of ether oxygens (including phenoxy) is 1. The average molecular weight is 154 g/mol. The predicted molar refractivity (Wildman–Crippen MR) is 39.2 cm³/mol. The molecule has 0 saturated carbocycles. The number of rotatable bonds is 1. The Balaban J connectivity index is 2.57. The summed E-state index contributed by atoms with van der Waals surface area (Å²) in [4.78, 5) is 14.7. The fourth-order valence-corrected chi connectivity index (χ4v) is 0.630. The molecule has 0 N–H and O–H groups in total. The molecule has 0 aliphatic rings. The van der Waals surface area contributed by atoms with E-state index in [1.807, 2.05) is 0 Å². The van der Waals surface area contributed by atoms with Gasteiger partial charge in [0, 0.05) is 12.4 Å². The van der Waals surface area contributed by atoms with Crippen LogP contribution < -0.4 is 0 Å². The summed E-state index contributed by atoms with van der Waals surface area (Å²) < 4.78 is 6.17. The first-order valence-electron chi connectivity index (χ1n) is 3.39. The van der Waals surface area contributed by atoms with Crippen LogP contribution in [0.4, 0.5) is 4.79 Å². The zero-order valence-electron chi connectivity index (χ0n) is 6.52. The summed E-state index contributed by atoms with van der Waals surface area (Å²) in [6.45, 7) is 3.60. The van der Waals surface area contributed by atoms with Crippen LogP contribution in [0.15, 0.2) is 18.7 Å². The maximum atomic E-state index is 11.0. The van der Waals surface area contributed by atoms with Gasteiger partial charge in [-0.3, -0.25) is 0 Å². The fraction of sp³-hybridized carbons (Fsp3) is 0.429. The van der Waals surface area contributed by atoms with E-state index < -0.39 is 6.09 Å². The molecular weight excluding hydrogens is 144 g/mol. The third-order valence-electron chi connectivity index (χ3n) is 1.05. The maximum Gasteiger partial charge on any atom is 0.419 e. The Morgan fingerprint density at radius 2 is 2.36 bits per heavy atom. The van der Waals surface area contributed by atoms with Crippen LogP contribution in [-0.2, 0) is 4.74 Å². The normalized spacial score (nSPS) is 10.1. The van der Waals surface area contributed by atoms with E-state index in [2.05, 4.69) is 4.98 Å². The smallest absolute Gasteiger partial charge is 0.419 e. The third kappa shape index (κ3) is 2.07. The van der Waals surface area contributed by atoms with Gasteiger partial charge in [-0.2, -0.15) is 0 Å². The first-order valence-corrected chi connectivity index (χ1v) is 3.39. The highest BCUT2D eigenvalue weighted by Gasteiger charge is 2.05. The minimum atomic E-state index is -0.391. The molecule has 0 radical (unpaired) electrons. The van der Waals surface area contributed by atoms with Gasteiger partial charge < -0.3 is 4.74 Å². The van der Waals surface area contributed by atoms with Crippen LogP contribution in [0, 0.1) is 0 Å². The molecule has 0 spiro atoms. The number of hydrogen-bond donors (Lipinski definition) is 0. The van der Waals surface area contributed by atoms with E-state index in [4.69, 9.17) is 4.74 Å². The molecule has 0 unspecified atom stereocenters. The van der Waals surface area contributed by atoms with E-state index in [-0.39, 0.29) is 6.10 Å². The lowest BCUT2D eigenvalue weighted by Crippen LogP contribution is -2.16. The van der Waals surface area contributed by atoms with Crippen molar-refractivity contribution in [2.24, 2.45) is 0 Å². The molecule has 0 aromatic carbocycles. The number of aromatic nitrogens is 2. The van der Waals surface area contributed by atoms with Crippen LogP contribution in [0.25, 0.3) is 0 Å². The van der Waals surface area contributed by atoms with Gasteiger partial charge in [-0.1, -0.05) is 0 Å². The zero-order valence-corrected chi connectivity index (χ0v) is 6.52. The lowest BCUT2D eigenvalue weighted by Gasteiger charge is -2.06. The molecule has 1 rings (SSSR count). The highest BCUT2D eigenvalue weighted by molar-refractivity contribution is 5.70. The van der Waals surface area contributed by atoms with E-state index in [1.165, 1.54) is 17.1 Å². The van der Waals surface area contributed by atoms with Gasteiger partial charge in [0.1, 0.15) is 6.33 Å². The SMILES string of the molecule is CC(C)OC(=O)n1ccnc1. The molecule has 1 aromatic heterocycles. The number of carbonyl (C=O) groups excluding carboxylic acids is 1. The van der Waals surface area contributed by atoms with Gasteiger partial charge in [-0.25, -0.2) is 14.3 Å². The largest absolute Gasteiger partial charge is 0.446 e. The van der Waals surface area contributed by atoms with E-state index in [0.29, 0.717) is 0 Å². The van der Waals surface area contributed by atoms with Crippen molar-refractivity contribution in [1.29, 1.82) is 0 Å². The van der Waals surface area contributed by atoms with Gasteiger partial charge in [-0.15, -0.1) is 0 Å². The van der Waals surface area contributed by atoms with Crippen molar-refractivity contribution in [2.75, 3.05) is 0 Å². The second-order valence-corrected chi connectivity index (χ2v) is 2.40. The summed E-state index contributed by atoms with van der Waals surface area (Å²) in [7, 11) is 0. The third-order valence-corrected chi connectivity index (χ3v) is 1.05. The van der Waals surface area contributed by atoms with Gasteiger partial charge in [0.05, 0.1) is 6.10 Å². The monoisotopic (exact) mass is 154 g/mol. The molecule has 1 aromatic rings. The number of nitrogens with zero attached hydrogens (tertiary/aromatic N) is 2. The van der Waals surface area contributed by atoms with Crippen LogP contribution in [0.3, 0.4) is 0 Å². The molecule has 0 atom stereocenters. The second-order valence-electron chi connectivity index (χ2n) is 2.40. The number of hydrogen-bond acceptors (Lipinski definition) is 3. The van der Waals surface area contributed by atoms with Crippen LogP contribution in [0.2, 0.25) is 0 Å². The van der Waals surface area contributed by atoms with Crippen molar-refractivity contribution in [1.82, 2.24) is 9.55 Å². The Hall–Kier alpha value is -1.32. The van der Waals surface area contributed by atoms with Crippen molar-refractivity contribution >= 4 is 6.09 Å². The predicted octanol–water partition coefficient (Wildman–Crippen LogP) is 1.28. The lowest BCUT2D eigenvalue weighted by molar-refractivity contribution is 0.117. The standard InChI is InChI=1S/C7H10N2O2/c1-6(2)11-7(10)9-4-3-8-5-9/h3-6H,1-2H3. The number of carbonyl (C=O) groups is 1. The summed E-state index contributed by atoms with van der Waals surface area (Å²) in [5.74, 6) is 0. The molecule has 0 aliphatic carbocycles. The van der Waals surface area contributed by atoms with Gasteiger partial charge >= 0.3 is 6.09 Å². The first kappa shape index (κ1) is 7.78. The van der Waals surface area contributed by atoms with E-state index in [1.54, 1.807) is 20.0 Å². The van der Waals surface area contributed by atoms with Crippen LogP contribution in [-0.4, -0.2) is 21.7 Å². The van der Waals surface area contributed by atoms with Crippen molar-refractivity contribution < 1.29 is 9.53 Å². The zero-order chi connectivity index (χ0) is 8.27. The molecule has 0 bridgehead atoms. The van der Waals surface area contributed by atoms with Crippen molar-refractivity contribution in [3.05, 3.63) is 18.7 Å².